The van der Waals surface area contributed by atoms with Gasteiger partial charge >= 0.3 is 0 Å². The molecule has 3 rings (SSSR count). The number of nitrogens with zero attached hydrogens (tertiary/aromatic N) is 3. The highest BCUT2D eigenvalue weighted by molar-refractivity contribution is 7.09. The topological polar surface area (TPSA) is 29.0 Å². The van der Waals surface area contributed by atoms with Crippen molar-refractivity contribution in [2.75, 3.05) is 11.9 Å². The van der Waals surface area contributed by atoms with E-state index < -0.39 is 0 Å². The van der Waals surface area contributed by atoms with Crippen LogP contribution in [0.5, 0.6) is 0 Å². The first-order chi connectivity index (χ1) is 9.22. The smallest absolute Gasteiger partial charge is 0.129 e. The number of aromatic nitrogens is 2. The summed E-state index contributed by atoms with van der Waals surface area (Å²) in [5.41, 5.74) is 2.13. The third-order valence-corrected chi connectivity index (χ3v) is 3.86. The molecule has 4 heteroatoms. The molecule has 3 aromatic rings. The summed E-state index contributed by atoms with van der Waals surface area (Å²) >= 11 is 1.69. The molecule has 1 aromatic carbocycles. The Hall–Kier alpha value is -1.94. The lowest BCUT2D eigenvalue weighted by Gasteiger charge is -2.17. The summed E-state index contributed by atoms with van der Waals surface area (Å²) in [6.45, 7) is 2.82. The molecule has 2 aromatic heterocycles. The summed E-state index contributed by atoms with van der Waals surface area (Å²) in [7, 11) is 2.05. The summed E-state index contributed by atoms with van der Waals surface area (Å²) in [4.78, 5) is 11.3. The molecule has 0 saturated carbocycles. The maximum absolute atomic E-state index is 4.68. The molecule has 0 aliphatic rings. The molecular formula is C15H15N3S. The van der Waals surface area contributed by atoms with Crippen molar-refractivity contribution in [3.63, 3.8) is 0 Å². The van der Waals surface area contributed by atoms with Crippen LogP contribution in [0.25, 0.3) is 10.9 Å². The van der Waals surface area contributed by atoms with Gasteiger partial charge in [-0.1, -0.05) is 18.2 Å². The number of aryl methyl sites for hydroxylation is 1. The number of anilines is 1. The first kappa shape index (κ1) is 12.1. The van der Waals surface area contributed by atoms with E-state index in [1.54, 1.807) is 11.3 Å². The monoisotopic (exact) mass is 269 g/mol. The van der Waals surface area contributed by atoms with Crippen LogP contribution in [-0.2, 0) is 6.54 Å². The second-order valence-corrected chi connectivity index (χ2v) is 5.64. The lowest BCUT2D eigenvalue weighted by molar-refractivity contribution is 0.874. The van der Waals surface area contributed by atoms with Crippen LogP contribution in [0.15, 0.2) is 41.8 Å². The van der Waals surface area contributed by atoms with Gasteiger partial charge in [0.2, 0.25) is 0 Å². The molecule has 19 heavy (non-hydrogen) atoms. The molecule has 0 atom stereocenters. The first-order valence-electron chi connectivity index (χ1n) is 6.20. The molecule has 0 unspecified atom stereocenters. The van der Waals surface area contributed by atoms with E-state index in [-0.39, 0.29) is 0 Å². The number of benzene rings is 1. The number of thiazole rings is 1. The van der Waals surface area contributed by atoms with Gasteiger partial charge in [-0.2, -0.15) is 0 Å². The van der Waals surface area contributed by atoms with Crippen LogP contribution in [0.4, 0.5) is 5.82 Å². The number of pyridine rings is 1. The van der Waals surface area contributed by atoms with E-state index in [9.17, 15) is 0 Å². The predicted octanol–water partition coefficient (Wildman–Crippen LogP) is 3.64. The average Bonchev–Trinajstić information content (AvgIpc) is 2.83. The van der Waals surface area contributed by atoms with E-state index in [1.807, 2.05) is 32.2 Å². The minimum Gasteiger partial charge on any atom is -0.354 e. The quantitative estimate of drug-likeness (QED) is 0.727. The zero-order valence-electron chi connectivity index (χ0n) is 11.0. The largest absolute Gasteiger partial charge is 0.354 e. The molecule has 0 bridgehead atoms. The normalized spacial score (nSPS) is 10.8. The Kier molecular flexibility index (Phi) is 3.17. The van der Waals surface area contributed by atoms with E-state index in [1.165, 1.54) is 5.39 Å². The van der Waals surface area contributed by atoms with Crippen molar-refractivity contribution in [1.82, 2.24) is 9.97 Å². The van der Waals surface area contributed by atoms with Gasteiger partial charge in [0.25, 0.3) is 0 Å². The zero-order chi connectivity index (χ0) is 13.2. The fourth-order valence-electron chi connectivity index (χ4n) is 2.07. The Bertz CT molecular complexity index is 705. The third-order valence-electron chi connectivity index (χ3n) is 3.04. The highest BCUT2D eigenvalue weighted by atomic mass is 32.1. The van der Waals surface area contributed by atoms with Gasteiger partial charge in [-0.05, 0) is 25.1 Å². The lowest BCUT2D eigenvalue weighted by atomic mass is 10.2. The van der Waals surface area contributed by atoms with Gasteiger partial charge in [-0.15, -0.1) is 11.3 Å². The maximum atomic E-state index is 4.68. The van der Waals surface area contributed by atoms with Crippen LogP contribution >= 0.6 is 11.3 Å². The van der Waals surface area contributed by atoms with E-state index >= 15 is 0 Å². The molecule has 0 N–H and O–H groups in total. The summed E-state index contributed by atoms with van der Waals surface area (Å²) in [6.07, 6.45) is 0. The minimum atomic E-state index is 0.787. The van der Waals surface area contributed by atoms with Crippen molar-refractivity contribution in [3.05, 3.63) is 52.5 Å². The summed E-state index contributed by atoms with van der Waals surface area (Å²) in [5.74, 6) is 0.976. The van der Waals surface area contributed by atoms with Gasteiger partial charge in [0, 0.05) is 17.8 Å². The second-order valence-electron chi connectivity index (χ2n) is 4.58. The van der Waals surface area contributed by atoms with Crippen molar-refractivity contribution in [2.45, 2.75) is 13.5 Å². The van der Waals surface area contributed by atoms with Crippen LogP contribution in [0.3, 0.4) is 0 Å². The van der Waals surface area contributed by atoms with Crippen LogP contribution in [0.2, 0.25) is 0 Å². The van der Waals surface area contributed by atoms with Gasteiger partial charge in [0.05, 0.1) is 22.8 Å². The molecule has 0 aliphatic heterocycles. The van der Waals surface area contributed by atoms with Crippen molar-refractivity contribution in [2.24, 2.45) is 0 Å². The van der Waals surface area contributed by atoms with Gasteiger partial charge in [-0.3, -0.25) is 0 Å². The van der Waals surface area contributed by atoms with Crippen LogP contribution in [0, 0.1) is 6.92 Å². The summed E-state index contributed by atoms with van der Waals surface area (Å²) < 4.78 is 0. The highest BCUT2D eigenvalue weighted by Crippen LogP contribution is 2.19. The molecule has 0 saturated heterocycles. The minimum absolute atomic E-state index is 0.787. The van der Waals surface area contributed by atoms with Crippen molar-refractivity contribution in [3.8, 4) is 0 Å². The first-order valence-corrected chi connectivity index (χ1v) is 7.08. The SMILES string of the molecule is Cc1nc(CN(C)c2ccc3ccccc3n2)cs1. The molecule has 0 aliphatic carbocycles. The zero-order valence-corrected chi connectivity index (χ0v) is 11.8. The van der Waals surface area contributed by atoms with E-state index in [4.69, 9.17) is 0 Å². The third kappa shape index (κ3) is 2.58. The molecule has 0 radical (unpaired) electrons. The predicted molar refractivity (Wildman–Crippen MR) is 80.7 cm³/mol. The van der Waals surface area contributed by atoms with E-state index in [0.29, 0.717) is 0 Å². The molecule has 0 spiro atoms. The number of para-hydroxylation sites is 1. The van der Waals surface area contributed by atoms with Gasteiger partial charge < -0.3 is 4.90 Å². The maximum Gasteiger partial charge on any atom is 0.129 e. The Labute approximate surface area is 116 Å². The highest BCUT2D eigenvalue weighted by Gasteiger charge is 2.06. The Morgan fingerprint density at radius 2 is 1.95 bits per heavy atom. The molecular weight excluding hydrogens is 254 g/mol. The molecule has 0 fully saturated rings. The summed E-state index contributed by atoms with van der Waals surface area (Å²) in [5, 5.41) is 4.38. The Morgan fingerprint density at radius 3 is 2.74 bits per heavy atom. The van der Waals surface area contributed by atoms with Crippen molar-refractivity contribution >= 4 is 28.1 Å². The molecule has 2 heterocycles. The van der Waals surface area contributed by atoms with Crippen molar-refractivity contribution in [1.29, 1.82) is 0 Å². The van der Waals surface area contributed by atoms with E-state index in [0.717, 1.165) is 28.6 Å². The Morgan fingerprint density at radius 1 is 1.11 bits per heavy atom. The number of hydrogen-bond donors (Lipinski definition) is 0. The van der Waals surface area contributed by atoms with Gasteiger partial charge in [0.1, 0.15) is 5.82 Å². The molecule has 3 nitrogen and oxygen atoms in total. The Balaban J connectivity index is 1.86. The standard InChI is InChI=1S/C15H15N3S/c1-11-16-13(10-19-11)9-18(2)15-8-7-12-5-3-4-6-14(12)17-15/h3-8,10H,9H2,1-2H3. The van der Waals surface area contributed by atoms with Crippen LogP contribution < -0.4 is 4.90 Å². The fourth-order valence-corrected chi connectivity index (χ4v) is 2.68. The van der Waals surface area contributed by atoms with Crippen LogP contribution in [-0.4, -0.2) is 17.0 Å². The number of rotatable bonds is 3. The number of fused-ring (bicyclic) bond motifs is 1. The molecule has 0 amide bonds. The lowest BCUT2D eigenvalue weighted by Crippen LogP contribution is -2.17. The van der Waals surface area contributed by atoms with Gasteiger partial charge in [0.15, 0.2) is 0 Å². The number of hydrogen-bond acceptors (Lipinski definition) is 4. The summed E-state index contributed by atoms with van der Waals surface area (Å²) in [6, 6.07) is 12.3. The molecule has 96 valence electrons. The van der Waals surface area contributed by atoms with Crippen molar-refractivity contribution < 1.29 is 0 Å². The van der Waals surface area contributed by atoms with E-state index in [2.05, 4.69) is 38.4 Å². The van der Waals surface area contributed by atoms with Crippen LogP contribution in [0.1, 0.15) is 10.7 Å². The average molecular weight is 269 g/mol. The fraction of sp³-hybridized carbons (Fsp3) is 0.200. The van der Waals surface area contributed by atoms with Gasteiger partial charge in [-0.25, -0.2) is 9.97 Å². The second kappa shape index (κ2) is 4.97.